The zero-order chi connectivity index (χ0) is 19.9. The second-order valence-electron chi connectivity index (χ2n) is 6.86. The predicted molar refractivity (Wildman–Crippen MR) is 114 cm³/mol. The summed E-state index contributed by atoms with van der Waals surface area (Å²) in [5, 5.41) is 0. The smallest absolute Gasteiger partial charge is 0.123 e. The number of hydrogen-bond donors (Lipinski definition) is 0. The lowest BCUT2D eigenvalue weighted by molar-refractivity contribution is 0.122. The fraction of sp³-hybridized carbons (Fsp3) is 0.208. The fourth-order valence-corrected chi connectivity index (χ4v) is 3.15. The molecule has 29 heavy (non-hydrogen) atoms. The Balaban J connectivity index is 1.36. The third-order valence-electron chi connectivity index (χ3n) is 4.77. The molecule has 0 radical (unpaired) electrons. The van der Waals surface area contributed by atoms with Crippen LogP contribution in [0.5, 0.6) is 5.75 Å². The molecule has 0 atom stereocenters. The Kier molecular flexibility index (Phi) is 6.17. The van der Waals surface area contributed by atoms with E-state index in [0.717, 1.165) is 48.9 Å². The molecule has 4 nitrogen and oxygen atoms in total. The Labute approximate surface area is 170 Å². The number of benzene rings is 3. The van der Waals surface area contributed by atoms with Gasteiger partial charge in [0.25, 0.3) is 0 Å². The van der Waals surface area contributed by atoms with Gasteiger partial charge in [-0.1, -0.05) is 24.3 Å². The minimum absolute atomic E-state index is 0.245. The summed E-state index contributed by atoms with van der Waals surface area (Å²) in [6.45, 7) is 3.80. The van der Waals surface area contributed by atoms with E-state index in [1.54, 1.807) is 12.1 Å². The molecule has 1 aliphatic rings. The highest BCUT2D eigenvalue weighted by Crippen LogP contribution is 2.21. The van der Waals surface area contributed by atoms with Crippen molar-refractivity contribution in [3.05, 3.63) is 89.7 Å². The van der Waals surface area contributed by atoms with Crippen LogP contribution in [0.2, 0.25) is 0 Å². The molecule has 1 saturated heterocycles. The Morgan fingerprint density at radius 1 is 0.966 bits per heavy atom. The minimum atomic E-state index is -0.245. The topological polar surface area (TPSA) is 34.1 Å². The SMILES string of the molecule is Fc1ccc(COc2cccc(C=Nc3ccc(N4CCOCC4)cc3)c2)cc1. The van der Waals surface area contributed by atoms with Crippen LogP contribution in [-0.2, 0) is 11.3 Å². The maximum absolute atomic E-state index is 13.0. The van der Waals surface area contributed by atoms with Crippen LogP contribution in [0.1, 0.15) is 11.1 Å². The van der Waals surface area contributed by atoms with Crippen LogP contribution in [0.4, 0.5) is 15.8 Å². The van der Waals surface area contributed by atoms with Crippen LogP contribution in [-0.4, -0.2) is 32.5 Å². The van der Waals surface area contributed by atoms with Gasteiger partial charge in [-0.3, -0.25) is 4.99 Å². The third-order valence-corrected chi connectivity index (χ3v) is 4.77. The standard InChI is InChI=1S/C24H23FN2O2/c25-21-6-4-19(5-7-21)18-29-24-3-1-2-20(16-24)17-26-22-8-10-23(11-9-22)27-12-14-28-15-13-27/h1-11,16-17H,12-15,18H2. The summed E-state index contributed by atoms with van der Waals surface area (Å²) in [5.74, 6) is 0.505. The van der Waals surface area contributed by atoms with E-state index >= 15 is 0 Å². The van der Waals surface area contributed by atoms with Gasteiger partial charge in [0.1, 0.15) is 18.2 Å². The van der Waals surface area contributed by atoms with Crippen molar-refractivity contribution in [2.45, 2.75) is 6.61 Å². The zero-order valence-electron chi connectivity index (χ0n) is 16.1. The van der Waals surface area contributed by atoms with E-state index in [0.29, 0.717) is 6.61 Å². The summed E-state index contributed by atoms with van der Waals surface area (Å²) < 4.78 is 24.2. The van der Waals surface area contributed by atoms with Gasteiger partial charge in [0.05, 0.1) is 18.9 Å². The Bertz CT molecular complexity index is 949. The first-order valence-electron chi connectivity index (χ1n) is 9.70. The molecule has 1 heterocycles. The van der Waals surface area contributed by atoms with Crippen LogP contribution in [0, 0.1) is 5.82 Å². The van der Waals surface area contributed by atoms with Crippen molar-refractivity contribution < 1.29 is 13.9 Å². The van der Waals surface area contributed by atoms with E-state index in [9.17, 15) is 4.39 Å². The molecule has 0 unspecified atom stereocenters. The van der Waals surface area contributed by atoms with E-state index in [1.807, 2.05) is 42.6 Å². The summed E-state index contributed by atoms with van der Waals surface area (Å²) in [6.07, 6.45) is 1.83. The van der Waals surface area contributed by atoms with Gasteiger partial charge in [0.15, 0.2) is 0 Å². The number of anilines is 1. The molecule has 0 spiro atoms. The first-order valence-corrected chi connectivity index (χ1v) is 9.70. The number of hydrogen-bond acceptors (Lipinski definition) is 4. The van der Waals surface area contributed by atoms with Gasteiger partial charge in [-0.15, -0.1) is 0 Å². The van der Waals surface area contributed by atoms with Crippen LogP contribution >= 0.6 is 0 Å². The van der Waals surface area contributed by atoms with E-state index < -0.39 is 0 Å². The molecule has 0 aromatic heterocycles. The highest BCUT2D eigenvalue weighted by molar-refractivity contribution is 5.82. The Hall–Kier alpha value is -3.18. The largest absolute Gasteiger partial charge is 0.489 e. The van der Waals surface area contributed by atoms with Crippen molar-refractivity contribution in [2.75, 3.05) is 31.2 Å². The monoisotopic (exact) mass is 390 g/mol. The number of halogens is 1. The molecule has 0 amide bonds. The number of aliphatic imine (C=N–C) groups is 1. The molecule has 4 rings (SSSR count). The lowest BCUT2D eigenvalue weighted by Crippen LogP contribution is -2.36. The molecule has 1 aliphatic heterocycles. The molecule has 0 saturated carbocycles. The van der Waals surface area contributed by atoms with Crippen molar-refractivity contribution in [1.29, 1.82) is 0 Å². The summed E-state index contributed by atoms with van der Waals surface area (Å²) in [6, 6.07) is 22.3. The average molecular weight is 390 g/mol. The summed E-state index contributed by atoms with van der Waals surface area (Å²) >= 11 is 0. The van der Waals surface area contributed by atoms with Crippen molar-refractivity contribution in [3.63, 3.8) is 0 Å². The molecular formula is C24H23FN2O2. The number of nitrogens with zero attached hydrogens (tertiary/aromatic N) is 2. The van der Waals surface area contributed by atoms with Gasteiger partial charge >= 0.3 is 0 Å². The van der Waals surface area contributed by atoms with E-state index in [2.05, 4.69) is 22.0 Å². The molecule has 148 valence electrons. The predicted octanol–water partition coefficient (Wildman–Crippen LogP) is 4.99. The van der Waals surface area contributed by atoms with Gasteiger partial charge < -0.3 is 14.4 Å². The van der Waals surface area contributed by atoms with Crippen LogP contribution < -0.4 is 9.64 Å². The van der Waals surface area contributed by atoms with E-state index in [4.69, 9.17) is 9.47 Å². The van der Waals surface area contributed by atoms with Crippen molar-refractivity contribution in [3.8, 4) is 5.75 Å². The van der Waals surface area contributed by atoms with Crippen molar-refractivity contribution >= 4 is 17.6 Å². The Morgan fingerprint density at radius 2 is 1.72 bits per heavy atom. The number of morpholine rings is 1. The van der Waals surface area contributed by atoms with Crippen molar-refractivity contribution in [1.82, 2.24) is 0 Å². The molecule has 0 aliphatic carbocycles. The lowest BCUT2D eigenvalue weighted by Gasteiger charge is -2.28. The quantitative estimate of drug-likeness (QED) is 0.556. The second-order valence-corrected chi connectivity index (χ2v) is 6.86. The zero-order valence-corrected chi connectivity index (χ0v) is 16.1. The first kappa shape index (κ1) is 19.2. The molecule has 0 N–H and O–H groups in total. The maximum Gasteiger partial charge on any atom is 0.123 e. The third kappa shape index (κ3) is 5.42. The van der Waals surface area contributed by atoms with Gasteiger partial charge in [-0.2, -0.15) is 0 Å². The summed E-state index contributed by atoms with van der Waals surface area (Å²) in [7, 11) is 0. The molecule has 3 aromatic carbocycles. The summed E-state index contributed by atoms with van der Waals surface area (Å²) in [4.78, 5) is 6.88. The van der Waals surface area contributed by atoms with Gasteiger partial charge in [0, 0.05) is 25.0 Å². The molecular weight excluding hydrogens is 367 g/mol. The highest BCUT2D eigenvalue weighted by atomic mass is 19.1. The van der Waals surface area contributed by atoms with Gasteiger partial charge in [0.2, 0.25) is 0 Å². The Morgan fingerprint density at radius 3 is 2.48 bits per heavy atom. The minimum Gasteiger partial charge on any atom is -0.489 e. The average Bonchev–Trinajstić information content (AvgIpc) is 2.79. The molecule has 0 bridgehead atoms. The van der Waals surface area contributed by atoms with Crippen LogP contribution in [0.15, 0.2) is 77.8 Å². The number of rotatable bonds is 6. The van der Waals surface area contributed by atoms with E-state index in [1.165, 1.54) is 17.8 Å². The molecule has 1 fully saturated rings. The highest BCUT2D eigenvalue weighted by Gasteiger charge is 2.10. The first-order chi connectivity index (χ1) is 14.3. The maximum atomic E-state index is 13.0. The van der Waals surface area contributed by atoms with E-state index in [-0.39, 0.29) is 5.82 Å². The number of ether oxygens (including phenoxy) is 2. The van der Waals surface area contributed by atoms with Gasteiger partial charge in [-0.05, 0) is 59.7 Å². The van der Waals surface area contributed by atoms with Gasteiger partial charge in [-0.25, -0.2) is 4.39 Å². The second kappa shape index (κ2) is 9.34. The fourth-order valence-electron chi connectivity index (χ4n) is 3.15. The molecule has 3 aromatic rings. The normalized spacial score (nSPS) is 14.3. The van der Waals surface area contributed by atoms with Crippen molar-refractivity contribution in [2.24, 2.45) is 4.99 Å². The van der Waals surface area contributed by atoms with Crippen LogP contribution in [0.3, 0.4) is 0 Å². The van der Waals surface area contributed by atoms with Crippen LogP contribution in [0.25, 0.3) is 0 Å². The lowest BCUT2D eigenvalue weighted by atomic mass is 10.2. The molecule has 5 heteroatoms. The summed E-state index contributed by atoms with van der Waals surface area (Å²) in [5.41, 5.74) is 3.98.